The van der Waals surface area contributed by atoms with Crippen molar-refractivity contribution in [3.05, 3.63) is 47.8 Å². The number of carbonyl (C=O) groups excluding carboxylic acids is 1. The minimum atomic E-state index is -2.90. The fraction of sp³-hybridized carbons (Fsp3) is 0.412. The molecule has 0 bridgehead atoms. The van der Waals surface area contributed by atoms with Crippen LogP contribution in [-0.2, 0) is 18.4 Å². The Morgan fingerprint density at radius 1 is 1.42 bits per heavy atom. The molecule has 1 fully saturated rings. The highest BCUT2D eigenvalue weighted by atomic mass is 35.5. The van der Waals surface area contributed by atoms with Crippen molar-refractivity contribution in [1.29, 1.82) is 0 Å². The van der Waals surface area contributed by atoms with Crippen molar-refractivity contribution >= 4 is 18.3 Å². The summed E-state index contributed by atoms with van der Waals surface area (Å²) in [6.07, 6.45) is 3.67. The number of nitrogens with one attached hydrogen (secondary N) is 2. The average Bonchev–Trinajstić information content (AvgIpc) is 3.21. The number of ether oxygens (including phenoxy) is 1. The van der Waals surface area contributed by atoms with Crippen molar-refractivity contribution in [2.45, 2.75) is 19.1 Å². The van der Waals surface area contributed by atoms with Gasteiger partial charge in [-0.3, -0.25) is 9.48 Å². The first-order chi connectivity index (χ1) is 12.0. The molecule has 3 rings (SSSR count). The van der Waals surface area contributed by atoms with Crippen molar-refractivity contribution in [2.24, 2.45) is 13.0 Å². The van der Waals surface area contributed by atoms with Crippen molar-refractivity contribution < 1.29 is 18.3 Å². The molecule has 142 valence electrons. The highest BCUT2D eigenvalue weighted by Crippen LogP contribution is 2.28. The molecule has 0 saturated carbocycles. The van der Waals surface area contributed by atoms with E-state index in [1.807, 2.05) is 13.2 Å². The topological polar surface area (TPSA) is 68.2 Å². The van der Waals surface area contributed by atoms with E-state index in [-0.39, 0.29) is 42.4 Å². The van der Waals surface area contributed by atoms with Crippen molar-refractivity contribution in [3.63, 3.8) is 0 Å². The molecule has 6 nitrogen and oxygen atoms in total. The van der Waals surface area contributed by atoms with E-state index >= 15 is 0 Å². The molecule has 0 spiro atoms. The summed E-state index contributed by atoms with van der Waals surface area (Å²) in [6.45, 7) is -1.49. The van der Waals surface area contributed by atoms with Gasteiger partial charge < -0.3 is 15.4 Å². The van der Waals surface area contributed by atoms with Crippen LogP contribution in [0, 0.1) is 5.92 Å². The van der Waals surface area contributed by atoms with Crippen LogP contribution in [0.2, 0.25) is 0 Å². The maximum atomic E-state index is 12.6. The lowest BCUT2D eigenvalue weighted by Gasteiger charge is -2.18. The van der Waals surface area contributed by atoms with Crippen LogP contribution >= 0.6 is 12.4 Å². The standard InChI is InChI=1S/C17H20F2N4O2.ClH/c1-23-10-12(7-22-23)13-8-20-9-14(13)16(24)21-6-11-4-2-3-5-15(11)25-17(18)19;/h2-5,7,10,13-14,17,20H,6,8-9H2,1H3,(H,21,24);1H/t13-,14+;/m1./s1. The average molecular weight is 387 g/mol. The first kappa shape index (κ1) is 20.1. The number of rotatable bonds is 6. The Morgan fingerprint density at radius 2 is 2.19 bits per heavy atom. The van der Waals surface area contributed by atoms with E-state index < -0.39 is 6.61 Å². The highest BCUT2D eigenvalue weighted by molar-refractivity contribution is 5.85. The molecule has 1 amide bonds. The lowest BCUT2D eigenvalue weighted by atomic mass is 9.90. The molecule has 2 atom stereocenters. The molecule has 26 heavy (non-hydrogen) atoms. The van der Waals surface area contributed by atoms with E-state index in [1.54, 1.807) is 29.1 Å². The monoisotopic (exact) mass is 386 g/mol. The van der Waals surface area contributed by atoms with Gasteiger partial charge in [-0.1, -0.05) is 18.2 Å². The fourth-order valence-electron chi connectivity index (χ4n) is 3.11. The first-order valence-electron chi connectivity index (χ1n) is 8.04. The smallest absolute Gasteiger partial charge is 0.387 e. The van der Waals surface area contributed by atoms with E-state index in [4.69, 9.17) is 0 Å². The van der Waals surface area contributed by atoms with E-state index in [1.165, 1.54) is 6.07 Å². The summed E-state index contributed by atoms with van der Waals surface area (Å²) in [5, 5.41) is 10.2. The third-order valence-electron chi connectivity index (χ3n) is 4.35. The Hall–Kier alpha value is -2.19. The number of para-hydroxylation sites is 1. The Bertz CT molecular complexity index is 741. The maximum absolute atomic E-state index is 12.6. The van der Waals surface area contributed by atoms with Gasteiger partial charge in [0, 0.05) is 44.4 Å². The number of hydrogen-bond donors (Lipinski definition) is 2. The molecule has 9 heteroatoms. The zero-order valence-electron chi connectivity index (χ0n) is 14.2. The number of benzene rings is 1. The van der Waals surface area contributed by atoms with Crippen LogP contribution in [0.15, 0.2) is 36.7 Å². The van der Waals surface area contributed by atoms with Crippen LogP contribution < -0.4 is 15.4 Å². The Balaban J connectivity index is 0.00000243. The normalized spacial score (nSPS) is 19.2. The van der Waals surface area contributed by atoms with Crippen LogP contribution in [0.1, 0.15) is 17.0 Å². The van der Waals surface area contributed by atoms with Crippen molar-refractivity contribution in [1.82, 2.24) is 20.4 Å². The molecule has 1 aromatic carbocycles. The Kier molecular flexibility index (Phi) is 6.93. The number of halogens is 3. The molecule has 1 saturated heterocycles. The number of carbonyl (C=O) groups is 1. The van der Waals surface area contributed by atoms with Crippen molar-refractivity contribution in [3.8, 4) is 5.75 Å². The molecule has 2 N–H and O–H groups in total. The molecular formula is C17H21ClF2N4O2. The van der Waals surface area contributed by atoms with Crippen LogP contribution in [-0.4, -0.2) is 35.4 Å². The summed E-state index contributed by atoms with van der Waals surface area (Å²) < 4.78 is 31.1. The fourth-order valence-corrected chi connectivity index (χ4v) is 3.11. The summed E-state index contributed by atoms with van der Waals surface area (Å²) in [6, 6.07) is 6.45. The van der Waals surface area contributed by atoms with Crippen LogP contribution in [0.3, 0.4) is 0 Å². The maximum Gasteiger partial charge on any atom is 0.387 e. The number of amides is 1. The molecular weight excluding hydrogens is 366 g/mol. The number of aryl methyl sites for hydroxylation is 1. The van der Waals surface area contributed by atoms with Gasteiger partial charge in [-0.15, -0.1) is 12.4 Å². The van der Waals surface area contributed by atoms with Gasteiger partial charge in [-0.25, -0.2) is 0 Å². The zero-order chi connectivity index (χ0) is 17.8. The summed E-state index contributed by atoms with van der Waals surface area (Å²) >= 11 is 0. The Morgan fingerprint density at radius 3 is 2.88 bits per heavy atom. The number of hydrogen-bond acceptors (Lipinski definition) is 4. The molecule has 0 unspecified atom stereocenters. The lowest BCUT2D eigenvalue weighted by Crippen LogP contribution is -2.34. The van der Waals surface area contributed by atoms with Gasteiger partial charge in [0.15, 0.2) is 0 Å². The van der Waals surface area contributed by atoms with Crippen molar-refractivity contribution in [2.75, 3.05) is 13.1 Å². The predicted octanol–water partition coefficient (Wildman–Crippen LogP) is 2.06. The summed E-state index contributed by atoms with van der Waals surface area (Å²) in [7, 11) is 1.83. The largest absolute Gasteiger partial charge is 0.434 e. The zero-order valence-corrected chi connectivity index (χ0v) is 15.0. The second-order valence-corrected chi connectivity index (χ2v) is 6.02. The molecule has 0 aliphatic carbocycles. The number of alkyl halides is 2. The van der Waals surface area contributed by atoms with Gasteiger partial charge in [0.2, 0.25) is 5.91 Å². The quantitative estimate of drug-likeness (QED) is 0.797. The van der Waals surface area contributed by atoms with Gasteiger partial charge in [0.1, 0.15) is 5.75 Å². The molecule has 1 aliphatic rings. The van der Waals surface area contributed by atoms with E-state index in [0.717, 1.165) is 5.56 Å². The Labute approximate surface area is 156 Å². The SMILES string of the molecule is Cl.Cn1cc([C@H]2CNC[C@@H]2C(=O)NCc2ccccc2OC(F)F)cn1. The summed E-state index contributed by atoms with van der Waals surface area (Å²) in [5.74, 6) is -0.231. The van der Waals surface area contributed by atoms with E-state index in [0.29, 0.717) is 18.7 Å². The van der Waals surface area contributed by atoms with Crippen LogP contribution in [0.25, 0.3) is 0 Å². The third kappa shape index (κ3) is 4.70. The molecule has 2 aromatic rings. The summed E-state index contributed by atoms with van der Waals surface area (Å²) in [5.41, 5.74) is 1.52. The lowest BCUT2D eigenvalue weighted by molar-refractivity contribution is -0.125. The highest BCUT2D eigenvalue weighted by Gasteiger charge is 2.34. The molecule has 0 radical (unpaired) electrons. The second-order valence-electron chi connectivity index (χ2n) is 6.02. The van der Waals surface area contributed by atoms with Gasteiger partial charge >= 0.3 is 6.61 Å². The summed E-state index contributed by atoms with van der Waals surface area (Å²) in [4.78, 5) is 12.6. The second kappa shape index (κ2) is 8.95. The molecule has 2 heterocycles. The van der Waals surface area contributed by atoms with Gasteiger partial charge in [-0.05, 0) is 11.6 Å². The van der Waals surface area contributed by atoms with Gasteiger partial charge in [-0.2, -0.15) is 13.9 Å². The molecule has 1 aromatic heterocycles. The first-order valence-corrected chi connectivity index (χ1v) is 8.04. The minimum absolute atomic E-state index is 0. The van der Waals surface area contributed by atoms with Crippen LogP contribution in [0.4, 0.5) is 8.78 Å². The van der Waals surface area contributed by atoms with E-state index in [9.17, 15) is 13.6 Å². The molecule has 1 aliphatic heterocycles. The third-order valence-corrected chi connectivity index (χ3v) is 4.35. The van der Waals surface area contributed by atoms with Gasteiger partial charge in [0.05, 0.1) is 12.1 Å². The van der Waals surface area contributed by atoms with E-state index in [2.05, 4.69) is 20.5 Å². The number of nitrogens with zero attached hydrogens (tertiary/aromatic N) is 2. The van der Waals surface area contributed by atoms with Crippen LogP contribution in [0.5, 0.6) is 5.75 Å². The predicted molar refractivity (Wildman–Crippen MR) is 94.5 cm³/mol. The number of aromatic nitrogens is 2. The minimum Gasteiger partial charge on any atom is -0.434 e. The van der Waals surface area contributed by atoms with Gasteiger partial charge in [0.25, 0.3) is 0 Å².